The molecule has 3 aliphatic heterocycles. The van der Waals surface area contributed by atoms with Crippen molar-refractivity contribution in [1.29, 1.82) is 0 Å². The van der Waals surface area contributed by atoms with Crippen LogP contribution in [0.1, 0.15) is 69.8 Å². The van der Waals surface area contributed by atoms with Gasteiger partial charge in [-0.1, -0.05) is 49.3 Å². The zero-order chi connectivity index (χ0) is 33.5. The van der Waals surface area contributed by atoms with Gasteiger partial charge in [-0.3, -0.25) is 14.4 Å². The van der Waals surface area contributed by atoms with Crippen LogP contribution in [-0.4, -0.2) is 92.5 Å². The number of carbonyl (C=O) groups excluding carboxylic acids is 4. The van der Waals surface area contributed by atoms with Gasteiger partial charge in [0.1, 0.15) is 28.9 Å². The number of nitrogens with one attached hydrogen (secondary N) is 2. The highest BCUT2D eigenvalue weighted by atomic mass is 16.6. The molecule has 4 aliphatic rings. The third-order valence-corrected chi connectivity index (χ3v) is 9.78. The topological polar surface area (TPSA) is 158 Å². The molecule has 250 valence electrons. The van der Waals surface area contributed by atoms with Crippen LogP contribution in [0.15, 0.2) is 48.6 Å². The summed E-state index contributed by atoms with van der Waals surface area (Å²) >= 11 is 0. The molecule has 6 rings (SSSR count). The molecule has 12 heteroatoms. The van der Waals surface area contributed by atoms with Crippen molar-refractivity contribution < 1.29 is 33.8 Å². The predicted octanol–water partition coefficient (Wildman–Crippen LogP) is 3.51. The van der Waals surface area contributed by atoms with E-state index < -0.39 is 53.0 Å². The van der Waals surface area contributed by atoms with Crippen molar-refractivity contribution >= 4 is 40.7 Å². The zero-order valence-corrected chi connectivity index (χ0v) is 27.1. The van der Waals surface area contributed by atoms with Gasteiger partial charge < -0.3 is 30.3 Å². The monoisotopic (exact) mass is 645 g/mol. The van der Waals surface area contributed by atoms with E-state index in [9.17, 15) is 29.1 Å². The maximum Gasteiger partial charge on any atom is 0.408 e. The Kier molecular flexibility index (Phi) is 8.71. The average Bonchev–Trinajstić information content (AvgIpc) is 3.37. The van der Waals surface area contributed by atoms with Crippen LogP contribution >= 0.6 is 0 Å². The summed E-state index contributed by atoms with van der Waals surface area (Å²) in [6.07, 6.45) is 6.80. The SMILES string of the molecule is CC(C)(C)OC(=O)N[C@@H]1CCCCC/C=C\[C@@H]2C[C@]2(C(=O)O)NC(=O)[C@@H]2[C@H]3CN(C(=O)c4ccc5ccccc5n4)C[C@H]3CN2C1=O. The molecule has 3 N–H and O–H groups in total. The number of likely N-dealkylation sites (tertiary alicyclic amines) is 1. The van der Waals surface area contributed by atoms with Gasteiger partial charge in [-0.25, -0.2) is 14.6 Å². The number of amides is 4. The van der Waals surface area contributed by atoms with Crippen molar-refractivity contribution in [3.8, 4) is 0 Å². The number of benzene rings is 1. The number of pyridine rings is 1. The molecule has 0 unspecified atom stereocenters. The number of alkyl carbamates (subject to hydrolysis) is 1. The van der Waals surface area contributed by atoms with Crippen molar-refractivity contribution in [3.63, 3.8) is 0 Å². The lowest BCUT2D eigenvalue weighted by Gasteiger charge is -2.33. The van der Waals surface area contributed by atoms with Gasteiger partial charge in [-0.05, 0) is 58.6 Å². The first-order valence-corrected chi connectivity index (χ1v) is 16.5. The molecule has 12 nitrogen and oxygen atoms in total. The van der Waals surface area contributed by atoms with E-state index in [0.29, 0.717) is 30.6 Å². The fourth-order valence-corrected chi connectivity index (χ4v) is 7.33. The Morgan fingerprint density at radius 3 is 2.60 bits per heavy atom. The summed E-state index contributed by atoms with van der Waals surface area (Å²) in [5, 5.41) is 16.7. The maximum absolute atomic E-state index is 14.3. The van der Waals surface area contributed by atoms with Crippen LogP contribution < -0.4 is 10.6 Å². The summed E-state index contributed by atoms with van der Waals surface area (Å²) in [7, 11) is 0. The molecular weight excluding hydrogens is 602 g/mol. The smallest absolute Gasteiger partial charge is 0.408 e. The number of hydrogen-bond acceptors (Lipinski definition) is 7. The molecule has 3 fully saturated rings. The summed E-state index contributed by atoms with van der Waals surface area (Å²) in [6, 6.07) is 9.12. The maximum atomic E-state index is 14.3. The lowest BCUT2D eigenvalue weighted by molar-refractivity contribution is -0.146. The van der Waals surface area contributed by atoms with Gasteiger partial charge in [0.2, 0.25) is 11.8 Å². The average molecular weight is 646 g/mol. The lowest BCUT2D eigenvalue weighted by Crippen LogP contribution is -2.58. The second-order valence-corrected chi connectivity index (χ2v) is 14.3. The number of carbonyl (C=O) groups is 5. The highest BCUT2D eigenvalue weighted by molar-refractivity contribution is 5.97. The number of hydrogen-bond donors (Lipinski definition) is 3. The number of allylic oxidation sites excluding steroid dienone is 1. The van der Waals surface area contributed by atoms with E-state index in [-0.39, 0.29) is 37.3 Å². The summed E-state index contributed by atoms with van der Waals surface area (Å²) < 4.78 is 5.47. The third kappa shape index (κ3) is 6.68. The van der Waals surface area contributed by atoms with E-state index in [2.05, 4.69) is 15.6 Å². The Morgan fingerprint density at radius 2 is 1.83 bits per heavy atom. The van der Waals surface area contributed by atoms with Gasteiger partial charge in [0.25, 0.3) is 5.91 Å². The minimum Gasteiger partial charge on any atom is -0.479 e. The summed E-state index contributed by atoms with van der Waals surface area (Å²) in [5.74, 6) is -3.36. The fourth-order valence-electron chi connectivity index (χ4n) is 7.33. The molecule has 1 aromatic carbocycles. The van der Waals surface area contributed by atoms with Crippen LogP contribution in [0.4, 0.5) is 4.79 Å². The normalized spacial score (nSPS) is 30.2. The number of para-hydroxylation sites is 1. The molecule has 6 atom stereocenters. The second kappa shape index (κ2) is 12.6. The standard InChI is InChI=1S/C35H43N5O7/c1-34(2,3)47-33(46)37-26-14-8-6-4-5-7-12-23-17-35(23,32(44)45)38-29(41)28-24-20-39(18-22(24)19-40(28)31(26)43)30(42)27-16-15-21-11-9-10-13-25(21)36-27/h7,9-13,15-16,22-24,26,28H,4-6,8,14,17-20H2,1-3H3,(H,37,46)(H,38,41)(H,44,45)/b12-7-/t22-,23+,24-,26+,28-,35-/m0/s1. The fraction of sp³-hybridized carbons (Fsp3) is 0.543. The molecule has 0 radical (unpaired) electrons. The van der Waals surface area contributed by atoms with Crippen LogP contribution in [0.5, 0.6) is 0 Å². The highest BCUT2D eigenvalue weighted by Crippen LogP contribution is 2.46. The molecule has 2 aromatic rings. The van der Waals surface area contributed by atoms with E-state index in [1.165, 1.54) is 4.90 Å². The lowest BCUT2D eigenvalue weighted by atomic mass is 9.93. The van der Waals surface area contributed by atoms with Crippen LogP contribution in [0, 0.1) is 17.8 Å². The Morgan fingerprint density at radius 1 is 1.04 bits per heavy atom. The number of ether oxygens (including phenoxy) is 1. The summed E-state index contributed by atoms with van der Waals surface area (Å²) in [5.41, 5.74) is -1.22. The highest BCUT2D eigenvalue weighted by Gasteiger charge is 2.62. The molecule has 47 heavy (non-hydrogen) atoms. The van der Waals surface area contributed by atoms with Gasteiger partial charge in [0.15, 0.2) is 0 Å². The Balaban J connectivity index is 1.28. The molecule has 0 bridgehead atoms. The molecule has 2 saturated heterocycles. The van der Waals surface area contributed by atoms with E-state index in [1.807, 2.05) is 42.5 Å². The molecular formula is C35H43N5O7. The van der Waals surface area contributed by atoms with E-state index in [0.717, 1.165) is 24.6 Å². The van der Waals surface area contributed by atoms with Crippen molar-refractivity contribution in [1.82, 2.24) is 25.4 Å². The van der Waals surface area contributed by atoms with Crippen molar-refractivity contribution in [2.75, 3.05) is 19.6 Å². The van der Waals surface area contributed by atoms with Gasteiger partial charge in [-0.15, -0.1) is 0 Å². The predicted molar refractivity (Wildman–Crippen MR) is 172 cm³/mol. The first-order valence-electron chi connectivity index (χ1n) is 16.5. The molecule has 4 amide bonds. The van der Waals surface area contributed by atoms with E-state index in [1.54, 1.807) is 31.7 Å². The second-order valence-electron chi connectivity index (χ2n) is 14.3. The summed E-state index contributed by atoms with van der Waals surface area (Å²) in [6.45, 7) is 5.92. The van der Waals surface area contributed by atoms with Gasteiger partial charge in [-0.2, -0.15) is 0 Å². The first-order chi connectivity index (χ1) is 22.4. The molecule has 1 aromatic heterocycles. The van der Waals surface area contributed by atoms with E-state index in [4.69, 9.17) is 4.74 Å². The van der Waals surface area contributed by atoms with Gasteiger partial charge in [0, 0.05) is 42.8 Å². The number of fused-ring (bicyclic) bond motifs is 5. The Labute approximate surface area is 273 Å². The third-order valence-electron chi connectivity index (χ3n) is 9.78. The first kappa shape index (κ1) is 32.5. The number of aliphatic carboxylic acids is 1. The number of carboxylic acids is 1. The van der Waals surface area contributed by atoms with Gasteiger partial charge in [0.05, 0.1) is 5.52 Å². The number of aromatic nitrogens is 1. The molecule has 4 heterocycles. The minimum atomic E-state index is -1.45. The van der Waals surface area contributed by atoms with Gasteiger partial charge >= 0.3 is 12.1 Å². The molecule has 1 aliphatic carbocycles. The zero-order valence-electron chi connectivity index (χ0n) is 27.1. The van der Waals surface area contributed by atoms with Crippen molar-refractivity contribution in [2.24, 2.45) is 17.8 Å². The number of nitrogens with zero attached hydrogens (tertiary/aromatic N) is 3. The van der Waals surface area contributed by atoms with Crippen LogP contribution in [-0.2, 0) is 19.1 Å². The Hall–Kier alpha value is -4.48. The number of rotatable bonds is 3. The van der Waals surface area contributed by atoms with Crippen molar-refractivity contribution in [3.05, 3.63) is 54.2 Å². The van der Waals surface area contributed by atoms with Crippen LogP contribution in [0.25, 0.3) is 10.9 Å². The Bertz CT molecular complexity index is 1620. The van der Waals surface area contributed by atoms with E-state index >= 15 is 0 Å². The molecule has 1 saturated carbocycles. The minimum absolute atomic E-state index is 0.187. The summed E-state index contributed by atoms with van der Waals surface area (Å²) in [4.78, 5) is 75.1. The van der Waals surface area contributed by atoms with Crippen LogP contribution in [0.3, 0.4) is 0 Å². The quantitative estimate of drug-likeness (QED) is 0.428. The molecule has 0 spiro atoms. The van der Waals surface area contributed by atoms with Crippen LogP contribution in [0.2, 0.25) is 0 Å². The number of carboxylic acid groups (broad SMARTS) is 1. The largest absolute Gasteiger partial charge is 0.479 e. The van der Waals surface area contributed by atoms with Crippen molar-refractivity contribution in [2.45, 2.75) is 82.5 Å².